The molecule has 0 aliphatic carbocycles. The highest BCUT2D eigenvalue weighted by molar-refractivity contribution is 9.10. The predicted molar refractivity (Wildman–Crippen MR) is 89.1 cm³/mol. The number of ether oxygens (including phenoxy) is 1. The van der Waals surface area contributed by atoms with Crippen LogP contribution in [0.1, 0.15) is 17.3 Å². The first-order valence-electron chi connectivity index (χ1n) is 6.30. The Morgan fingerprint density at radius 3 is 2.76 bits per heavy atom. The monoisotopic (exact) mass is 368 g/mol. The maximum Gasteiger partial charge on any atom is 0.257 e. The Morgan fingerprint density at radius 1 is 1.33 bits per heavy atom. The summed E-state index contributed by atoms with van der Waals surface area (Å²) in [5.41, 5.74) is 7.23. The number of benzene rings is 2. The molecule has 110 valence electrons. The second kappa shape index (κ2) is 6.83. The Bertz CT molecular complexity index is 677. The molecule has 0 atom stereocenters. The lowest BCUT2D eigenvalue weighted by Crippen LogP contribution is -2.13. The zero-order chi connectivity index (χ0) is 15.4. The standard InChI is InChI=1S/C15H14BrClN2O2/c1-2-21-10-4-6-14(13(18)8-10)19-15(20)11-7-9(16)3-5-12(11)17/h3-8H,2,18H2,1H3,(H,19,20). The van der Waals surface area contributed by atoms with E-state index in [2.05, 4.69) is 21.2 Å². The van der Waals surface area contributed by atoms with Crippen molar-refractivity contribution in [1.29, 1.82) is 0 Å². The van der Waals surface area contributed by atoms with Crippen LogP contribution in [0.25, 0.3) is 0 Å². The number of hydrogen-bond acceptors (Lipinski definition) is 3. The first kappa shape index (κ1) is 15.7. The summed E-state index contributed by atoms with van der Waals surface area (Å²) >= 11 is 9.34. The largest absolute Gasteiger partial charge is 0.494 e. The quantitative estimate of drug-likeness (QED) is 0.788. The molecule has 1 amide bonds. The zero-order valence-electron chi connectivity index (χ0n) is 11.3. The molecule has 0 aliphatic heterocycles. The number of carbonyl (C=O) groups excluding carboxylic acids is 1. The number of amides is 1. The van der Waals surface area contributed by atoms with E-state index in [-0.39, 0.29) is 5.91 Å². The average molecular weight is 370 g/mol. The predicted octanol–water partition coefficient (Wildman–Crippen LogP) is 4.34. The third-order valence-electron chi connectivity index (χ3n) is 2.76. The van der Waals surface area contributed by atoms with Crippen LogP contribution < -0.4 is 15.8 Å². The van der Waals surface area contributed by atoms with Gasteiger partial charge in [0.25, 0.3) is 5.91 Å². The third kappa shape index (κ3) is 3.89. The molecule has 6 heteroatoms. The Hall–Kier alpha value is -1.72. The van der Waals surface area contributed by atoms with Crippen molar-refractivity contribution in [3.63, 3.8) is 0 Å². The molecule has 0 spiro atoms. The molecule has 2 aromatic rings. The van der Waals surface area contributed by atoms with Crippen molar-refractivity contribution < 1.29 is 9.53 Å². The number of hydrogen-bond donors (Lipinski definition) is 2. The second-order valence-corrected chi connectivity index (χ2v) is 5.58. The fraction of sp³-hybridized carbons (Fsp3) is 0.133. The summed E-state index contributed by atoms with van der Waals surface area (Å²) in [6.45, 7) is 2.44. The molecular weight excluding hydrogens is 356 g/mol. The van der Waals surface area contributed by atoms with Gasteiger partial charge in [-0.3, -0.25) is 4.79 Å². The van der Waals surface area contributed by atoms with Crippen LogP contribution in [0.2, 0.25) is 5.02 Å². The van der Waals surface area contributed by atoms with Crippen LogP contribution in [0, 0.1) is 0 Å². The van der Waals surface area contributed by atoms with E-state index in [0.29, 0.717) is 34.3 Å². The van der Waals surface area contributed by atoms with E-state index in [1.54, 1.807) is 36.4 Å². The molecule has 0 saturated heterocycles. The van der Waals surface area contributed by atoms with Crippen LogP contribution in [-0.2, 0) is 0 Å². The van der Waals surface area contributed by atoms with Gasteiger partial charge in [0.2, 0.25) is 0 Å². The van der Waals surface area contributed by atoms with Crippen LogP contribution >= 0.6 is 27.5 Å². The highest BCUT2D eigenvalue weighted by Crippen LogP contribution is 2.26. The maximum atomic E-state index is 12.2. The van der Waals surface area contributed by atoms with Gasteiger partial charge in [0.05, 0.1) is 28.6 Å². The van der Waals surface area contributed by atoms with E-state index in [4.69, 9.17) is 22.1 Å². The first-order chi connectivity index (χ1) is 10.0. The molecule has 2 aromatic carbocycles. The molecule has 0 fully saturated rings. The molecule has 0 radical (unpaired) electrons. The summed E-state index contributed by atoms with van der Waals surface area (Å²) in [7, 11) is 0. The van der Waals surface area contributed by atoms with Crippen molar-refractivity contribution in [2.75, 3.05) is 17.7 Å². The summed E-state index contributed by atoms with van der Waals surface area (Å²) in [5.74, 6) is 0.339. The van der Waals surface area contributed by atoms with Crippen LogP contribution in [0.4, 0.5) is 11.4 Å². The van der Waals surface area contributed by atoms with Gasteiger partial charge in [-0.2, -0.15) is 0 Å². The summed E-state index contributed by atoms with van der Waals surface area (Å²) in [6.07, 6.45) is 0. The van der Waals surface area contributed by atoms with E-state index in [9.17, 15) is 4.79 Å². The molecule has 0 unspecified atom stereocenters. The number of anilines is 2. The van der Waals surface area contributed by atoms with Crippen molar-refractivity contribution in [2.45, 2.75) is 6.92 Å². The van der Waals surface area contributed by atoms with Gasteiger partial charge in [-0.25, -0.2) is 0 Å². The van der Waals surface area contributed by atoms with Gasteiger partial charge < -0.3 is 15.8 Å². The number of nitrogens with two attached hydrogens (primary N) is 1. The SMILES string of the molecule is CCOc1ccc(NC(=O)c2cc(Br)ccc2Cl)c(N)c1. The maximum absolute atomic E-state index is 12.2. The molecule has 4 nitrogen and oxygen atoms in total. The highest BCUT2D eigenvalue weighted by atomic mass is 79.9. The molecule has 0 heterocycles. The fourth-order valence-corrected chi connectivity index (χ4v) is 2.34. The number of rotatable bonds is 4. The zero-order valence-corrected chi connectivity index (χ0v) is 13.7. The van der Waals surface area contributed by atoms with Crippen molar-refractivity contribution >= 4 is 44.8 Å². The van der Waals surface area contributed by atoms with Gasteiger partial charge >= 0.3 is 0 Å². The lowest BCUT2D eigenvalue weighted by atomic mass is 10.2. The lowest BCUT2D eigenvalue weighted by Gasteiger charge is -2.11. The minimum atomic E-state index is -0.322. The van der Waals surface area contributed by atoms with Crippen molar-refractivity contribution in [3.8, 4) is 5.75 Å². The lowest BCUT2D eigenvalue weighted by molar-refractivity contribution is 0.102. The first-order valence-corrected chi connectivity index (χ1v) is 7.47. The minimum absolute atomic E-state index is 0.322. The third-order valence-corrected chi connectivity index (χ3v) is 3.58. The number of halogens is 2. The van der Waals surface area contributed by atoms with Crippen LogP contribution in [0.15, 0.2) is 40.9 Å². The molecular formula is C15H14BrClN2O2. The van der Waals surface area contributed by atoms with Gasteiger partial charge in [-0.05, 0) is 37.3 Å². The van der Waals surface area contributed by atoms with E-state index < -0.39 is 0 Å². The molecule has 0 aromatic heterocycles. The minimum Gasteiger partial charge on any atom is -0.494 e. The van der Waals surface area contributed by atoms with Gasteiger partial charge in [0, 0.05) is 10.5 Å². The second-order valence-electron chi connectivity index (χ2n) is 4.26. The van der Waals surface area contributed by atoms with Gasteiger partial charge in [-0.1, -0.05) is 27.5 Å². The number of nitrogens with one attached hydrogen (secondary N) is 1. The molecule has 0 aliphatic rings. The normalized spacial score (nSPS) is 10.2. The fourth-order valence-electron chi connectivity index (χ4n) is 1.77. The summed E-state index contributed by atoms with van der Waals surface area (Å²) < 4.78 is 6.12. The van der Waals surface area contributed by atoms with Gasteiger partial charge in [-0.15, -0.1) is 0 Å². The van der Waals surface area contributed by atoms with E-state index in [1.807, 2.05) is 6.92 Å². The Labute approximate surface area is 136 Å². The average Bonchev–Trinajstić information content (AvgIpc) is 2.44. The number of carbonyl (C=O) groups is 1. The van der Waals surface area contributed by atoms with Crippen molar-refractivity contribution in [3.05, 3.63) is 51.5 Å². The van der Waals surface area contributed by atoms with Crippen molar-refractivity contribution in [2.24, 2.45) is 0 Å². The molecule has 3 N–H and O–H groups in total. The topological polar surface area (TPSA) is 64.3 Å². The summed E-state index contributed by atoms with van der Waals surface area (Å²) in [4.78, 5) is 12.2. The Kier molecular flexibility index (Phi) is 5.09. The molecule has 21 heavy (non-hydrogen) atoms. The van der Waals surface area contributed by atoms with Gasteiger partial charge in [0.15, 0.2) is 0 Å². The summed E-state index contributed by atoms with van der Waals surface area (Å²) in [5, 5.41) is 3.11. The van der Waals surface area contributed by atoms with Gasteiger partial charge in [0.1, 0.15) is 5.75 Å². The van der Waals surface area contributed by atoms with Crippen LogP contribution in [0.5, 0.6) is 5.75 Å². The summed E-state index contributed by atoms with van der Waals surface area (Å²) in [6, 6.07) is 10.2. The smallest absolute Gasteiger partial charge is 0.257 e. The van der Waals surface area contributed by atoms with E-state index in [0.717, 1.165) is 4.47 Å². The molecule has 2 rings (SSSR count). The van der Waals surface area contributed by atoms with E-state index in [1.165, 1.54) is 0 Å². The molecule has 0 saturated carbocycles. The Morgan fingerprint density at radius 2 is 2.10 bits per heavy atom. The van der Waals surface area contributed by atoms with Crippen molar-refractivity contribution in [1.82, 2.24) is 0 Å². The van der Waals surface area contributed by atoms with E-state index >= 15 is 0 Å². The van der Waals surface area contributed by atoms with Crippen LogP contribution in [-0.4, -0.2) is 12.5 Å². The highest BCUT2D eigenvalue weighted by Gasteiger charge is 2.12. The Balaban J connectivity index is 2.21. The molecule has 0 bridgehead atoms. The number of nitrogen functional groups attached to an aromatic ring is 1. The van der Waals surface area contributed by atoms with Crippen LogP contribution in [0.3, 0.4) is 0 Å².